The van der Waals surface area contributed by atoms with E-state index in [1.807, 2.05) is 5.10 Å². The highest BCUT2D eigenvalue weighted by atomic mass is 16.6. The third-order valence-corrected chi connectivity index (χ3v) is 2.14. The van der Waals surface area contributed by atoms with Crippen LogP contribution in [0.2, 0.25) is 0 Å². The van der Waals surface area contributed by atoms with Gasteiger partial charge in [0.1, 0.15) is 0 Å². The van der Waals surface area contributed by atoms with E-state index in [9.17, 15) is 29.8 Å². The summed E-state index contributed by atoms with van der Waals surface area (Å²) in [7, 11) is 2.17. The van der Waals surface area contributed by atoms with Crippen molar-refractivity contribution in [1.82, 2.24) is 20.4 Å². The number of nitrogens with zero attached hydrogens (tertiary/aromatic N) is 4. The van der Waals surface area contributed by atoms with Crippen LogP contribution in [0, 0.1) is 20.2 Å². The van der Waals surface area contributed by atoms with Gasteiger partial charge in [0.05, 0.1) is 19.2 Å². The van der Waals surface area contributed by atoms with E-state index < -0.39 is 27.6 Å². The average Bonchev–Trinajstić information content (AvgIpc) is 3.26. The van der Waals surface area contributed by atoms with Gasteiger partial charge in [0, 0.05) is 7.11 Å². The number of H-pyrrole nitrogens is 2. The van der Waals surface area contributed by atoms with Crippen LogP contribution in [0.1, 0.15) is 28.4 Å². The lowest BCUT2D eigenvalue weighted by Crippen LogP contribution is -2.00. The lowest BCUT2D eigenvalue weighted by atomic mass is 10.4. The number of carbonyl (C=O) groups excluding carboxylic acids is 1. The molecule has 2 aromatic rings. The molecule has 2 rings (SSSR count). The van der Waals surface area contributed by atoms with Crippen LogP contribution in [-0.4, -0.2) is 66.6 Å². The Hall–Kier alpha value is -3.88. The standard InChI is InChI=1S/C5H5N3O4.C4H3N3O4.CH4O.CH4/c1-12-5(9)3-2-4(7-6-3)8(10)11;8-4(9)2-1-3(6-5-2)7(10)11;1-2;/h2H,1H3,(H,6,7);1H,(H,5,6)(H,8,9);2H,1H3;1H4. The first-order chi connectivity index (χ1) is 11.8. The molecule has 26 heavy (non-hydrogen) atoms. The molecule has 0 amide bonds. The maximum atomic E-state index is 10.7. The number of ether oxygens (including phenoxy) is 1. The third-order valence-electron chi connectivity index (χ3n) is 2.14. The molecule has 0 unspecified atom stereocenters. The Bertz CT molecular complexity index is 724. The van der Waals surface area contributed by atoms with Crippen LogP contribution in [0.15, 0.2) is 12.1 Å². The summed E-state index contributed by atoms with van der Waals surface area (Å²) in [5.74, 6) is -2.77. The summed E-state index contributed by atoms with van der Waals surface area (Å²) in [5.41, 5.74) is -0.471. The van der Waals surface area contributed by atoms with Crippen LogP contribution in [0.25, 0.3) is 0 Å². The molecule has 0 saturated heterocycles. The van der Waals surface area contributed by atoms with Crippen molar-refractivity contribution in [2.45, 2.75) is 7.43 Å². The monoisotopic (exact) mass is 376 g/mol. The fourth-order valence-corrected chi connectivity index (χ4v) is 1.13. The van der Waals surface area contributed by atoms with Crippen molar-refractivity contribution < 1.29 is 34.4 Å². The van der Waals surface area contributed by atoms with Crippen molar-refractivity contribution in [1.29, 1.82) is 0 Å². The van der Waals surface area contributed by atoms with Gasteiger partial charge >= 0.3 is 23.6 Å². The number of esters is 1. The average molecular weight is 376 g/mol. The number of nitro groups is 2. The number of hydrogen-bond donors (Lipinski definition) is 4. The van der Waals surface area contributed by atoms with Crippen LogP contribution in [-0.2, 0) is 4.74 Å². The molecule has 2 heterocycles. The molecule has 0 aliphatic rings. The molecule has 0 aliphatic carbocycles. The van der Waals surface area contributed by atoms with Crippen LogP contribution >= 0.6 is 0 Å². The van der Waals surface area contributed by atoms with Crippen molar-refractivity contribution in [2.24, 2.45) is 0 Å². The molecular weight excluding hydrogens is 360 g/mol. The first-order valence-corrected chi connectivity index (χ1v) is 5.92. The molecule has 0 saturated carbocycles. The van der Waals surface area contributed by atoms with Crippen LogP contribution in [0.5, 0.6) is 0 Å². The quantitative estimate of drug-likeness (QED) is 0.323. The van der Waals surface area contributed by atoms with Crippen molar-refractivity contribution in [3.63, 3.8) is 0 Å². The molecule has 0 atom stereocenters. The number of aromatic nitrogens is 4. The molecule has 0 radical (unpaired) electrons. The second-order valence-electron chi connectivity index (χ2n) is 3.59. The van der Waals surface area contributed by atoms with Crippen LogP contribution < -0.4 is 0 Å². The molecule has 0 spiro atoms. The number of aliphatic hydroxyl groups is 1. The molecule has 15 nitrogen and oxygen atoms in total. The molecule has 4 N–H and O–H groups in total. The Balaban J connectivity index is 0. The van der Waals surface area contributed by atoms with Gasteiger partial charge < -0.3 is 35.2 Å². The molecule has 15 heteroatoms. The van der Waals surface area contributed by atoms with Crippen molar-refractivity contribution in [2.75, 3.05) is 14.2 Å². The van der Waals surface area contributed by atoms with Crippen LogP contribution in [0.3, 0.4) is 0 Å². The van der Waals surface area contributed by atoms with Crippen molar-refractivity contribution in [3.05, 3.63) is 43.7 Å². The molecule has 0 aromatic carbocycles. The molecular formula is C11H16N6O9. The van der Waals surface area contributed by atoms with Gasteiger partial charge in [-0.25, -0.2) is 9.59 Å². The predicted octanol–water partition coefficient (Wildman–Crippen LogP) is 0.365. The zero-order chi connectivity index (χ0) is 19.6. The Labute approximate surface area is 144 Å². The number of methoxy groups -OCH3 is 1. The Morgan fingerprint density at radius 2 is 1.42 bits per heavy atom. The summed E-state index contributed by atoms with van der Waals surface area (Å²) in [6, 6.07) is 1.86. The summed E-state index contributed by atoms with van der Waals surface area (Å²) >= 11 is 0. The number of carboxylic acid groups (broad SMARTS) is 1. The predicted molar refractivity (Wildman–Crippen MR) is 83.7 cm³/mol. The van der Waals surface area contributed by atoms with Gasteiger partial charge in [0.2, 0.25) is 0 Å². The Morgan fingerprint density at radius 3 is 1.69 bits per heavy atom. The van der Waals surface area contributed by atoms with Crippen molar-refractivity contribution in [3.8, 4) is 0 Å². The lowest BCUT2D eigenvalue weighted by molar-refractivity contribution is -0.389. The number of rotatable bonds is 4. The fourth-order valence-electron chi connectivity index (χ4n) is 1.13. The number of hydrogen-bond acceptors (Lipinski definition) is 10. The van der Waals surface area contributed by atoms with Gasteiger partial charge in [-0.15, -0.1) is 10.2 Å². The fraction of sp³-hybridized carbons (Fsp3) is 0.273. The Kier molecular flexibility index (Phi) is 10.9. The van der Waals surface area contributed by atoms with E-state index in [0.717, 1.165) is 19.2 Å². The summed E-state index contributed by atoms with van der Waals surface area (Å²) in [6.45, 7) is 0. The summed E-state index contributed by atoms with van der Waals surface area (Å²) in [6.07, 6.45) is 0. The van der Waals surface area contributed by atoms with Crippen molar-refractivity contribution >= 4 is 23.6 Å². The third kappa shape index (κ3) is 7.13. The molecule has 0 bridgehead atoms. The molecule has 144 valence electrons. The number of aromatic carboxylic acids is 1. The minimum Gasteiger partial charge on any atom is -0.476 e. The van der Waals surface area contributed by atoms with E-state index >= 15 is 0 Å². The molecule has 2 aromatic heterocycles. The largest absolute Gasteiger partial charge is 0.476 e. The van der Waals surface area contributed by atoms with Gasteiger partial charge in [-0.1, -0.05) is 17.6 Å². The van der Waals surface area contributed by atoms with Gasteiger partial charge in [0.25, 0.3) is 0 Å². The first-order valence-electron chi connectivity index (χ1n) is 5.92. The minimum absolute atomic E-state index is 0. The van der Waals surface area contributed by atoms with E-state index in [4.69, 9.17) is 10.2 Å². The minimum atomic E-state index is -1.30. The Morgan fingerprint density at radius 1 is 1.04 bits per heavy atom. The zero-order valence-electron chi connectivity index (χ0n) is 12.7. The van der Waals surface area contributed by atoms with Gasteiger partial charge in [-0.3, -0.25) is 0 Å². The van der Waals surface area contributed by atoms with Gasteiger partial charge in [-0.05, 0) is 9.85 Å². The molecule has 0 aliphatic heterocycles. The number of aliphatic hydroxyl groups excluding tert-OH is 1. The number of carbonyl (C=O) groups is 2. The second-order valence-corrected chi connectivity index (χ2v) is 3.59. The second kappa shape index (κ2) is 11.6. The highest BCUT2D eigenvalue weighted by Gasteiger charge is 2.16. The summed E-state index contributed by atoms with van der Waals surface area (Å²) in [4.78, 5) is 39.5. The number of carboxylic acids is 1. The van der Waals surface area contributed by atoms with E-state index in [-0.39, 0.29) is 24.6 Å². The topological polar surface area (TPSA) is 227 Å². The maximum Gasteiger partial charge on any atom is 0.360 e. The van der Waals surface area contributed by atoms with E-state index in [1.165, 1.54) is 7.11 Å². The lowest BCUT2D eigenvalue weighted by Gasteiger charge is -1.88. The zero-order valence-corrected chi connectivity index (χ0v) is 12.7. The first kappa shape index (κ1) is 24.4. The summed E-state index contributed by atoms with van der Waals surface area (Å²) in [5, 5.41) is 45.9. The van der Waals surface area contributed by atoms with Gasteiger partial charge in [-0.2, -0.15) is 0 Å². The van der Waals surface area contributed by atoms with E-state index in [2.05, 4.69) is 20.0 Å². The normalized spacial score (nSPS) is 8.58. The van der Waals surface area contributed by atoms with E-state index in [0.29, 0.717) is 0 Å². The smallest absolute Gasteiger partial charge is 0.360 e. The number of aromatic amines is 2. The molecule has 0 fully saturated rings. The number of nitrogens with one attached hydrogen (secondary N) is 2. The maximum absolute atomic E-state index is 10.7. The van der Waals surface area contributed by atoms with Crippen LogP contribution in [0.4, 0.5) is 11.6 Å². The van der Waals surface area contributed by atoms with Gasteiger partial charge in [0.15, 0.2) is 11.4 Å². The highest BCUT2D eigenvalue weighted by Crippen LogP contribution is 2.08. The SMILES string of the molecule is C.CO.COC(=O)c1cc([N+](=O)[O-])[nH]n1.O=C(O)c1cc([N+](=O)[O-])[nH]n1. The highest BCUT2D eigenvalue weighted by molar-refractivity contribution is 5.87. The summed E-state index contributed by atoms with van der Waals surface area (Å²) < 4.78 is 4.29. The van der Waals surface area contributed by atoms with E-state index in [1.54, 1.807) is 0 Å².